The van der Waals surface area contributed by atoms with Crippen LogP contribution in [0.3, 0.4) is 0 Å². The molecule has 0 amide bonds. The maximum atomic E-state index is 13.7. The van der Waals surface area contributed by atoms with Gasteiger partial charge in [0.2, 0.25) is 0 Å². The summed E-state index contributed by atoms with van der Waals surface area (Å²) in [6.07, 6.45) is 1.61. The summed E-state index contributed by atoms with van der Waals surface area (Å²) in [5, 5.41) is 5.58. The van der Waals surface area contributed by atoms with E-state index in [1.807, 2.05) is 44.2 Å². The highest BCUT2D eigenvalue weighted by Crippen LogP contribution is 2.36. The Morgan fingerprint density at radius 3 is 2.50 bits per heavy atom. The molecule has 4 rings (SSSR count). The van der Waals surface area contributed by atoms with Crippen LogP contribution >= 0.6 is 27.5 Å². The number of hydrogen-bond acceptors (Lipinski definition) is 5. The van der Waals surface area contributed by atoms with Gasteiger partial charge in [-0.1, -0.05) is 58.4 Å². The second-order valence-corrected chi connectivity index (χ2v) is 12.5. The van der Waals surface area contributed by atoms with Gasteiger partial charge >= 0.3 is 0 Å². The molecule has 0 saturated heterocycles. The lowest BCUT2D eigenvalue weighted by Gasteiger charge is -2.20. The van der Waals surface area contributed by atoms with Gasteiger partial charge in [0, 0.05) is 5.56 Å². The molecular weight excluding hydrogens is 590 g/mol. The minimum Gasteiger partial charge on any atom is -0.494 e. The van der Waals surface area contributed by atoms with Crippen molar-refractivity contribution in [1.29, 1.82) is 0 Å². The summed E-state index contributed by atoms with van der Waals surface area (Å²) in [6.45, 7) is 15.6. The summed E-state index contributed by atoms with van der Waals surface area (Å²) in [4.78, 5) is 18.6. The predicted molar refractivity (Wildman–Crippen MR) is 169 cm³/mol. The third kappa shape index (κ3) is 6.58. The molecule has 0 N–H and O–H groups in total. The van der Waals surface area contributed by atoms with Crippen molar-refractivity contribution in [3.05, 3.63) is 85.1 Å². The molecule has 0 aliphatic rings. The number of nitrogens with zero attached hydrogens (tertiary/aromatic N) is 3. The molecule has 40 heavy (non-hydrogen) atoms. The average molecular weight is 625 g/mol. The van der Waals surface area contributed by atoms with Gasteiger partial charge in [-0.2, -0.15) is 9.78 Å². The molecule has 0 aliphatic carbocycles. The van der Waals surface area contributed by atoms with Crippen LogP contribution in [0.1, 0.15) is 64.2 Å². The third-order valence-corrected chi connectivity index (χ3v) is 7.14. The number of aryl methyl sites for hydroxylation is 1. The van der Waals surface area contributed by atoms with E-state index < -0.39 is 0 Å². The van der Waals surface area contributed by atoms with Crippen LogP contribution in [0.4, 0.5) is 0 Å². The Morgan fingerprint density at radius 2 is 1.85 bits per heavy atom. The number of hydrogen-bond donors (Lipinski definition) is 0. The monoisotopic (exact) mass is 623 g/mol. The first-order valence-corrected chi connectivity index (χ1v) is 14.5. The fourth-order valence-electron chi connectivity index (χ4n) is 4.28. The van der Waals surface area contributed by atoms with Gasteiger partial charge in [-0.05, 0) is 94.2 Å². The van der Waals surface area contributed by atoms with E-state index in [0.29, 0.717) is 50.7 Å². The number of para-hydroxylation sites is 1. The Hall–Kier alpha value is -3.16. The zero-order valence-electron chi connectivity index (χ0n) is 24.0. The van der Waals surface area contributed by atoms with Crippen LogP contribution in [0, 0.1) is 12.3 Å². The molecule has 0 saturated carbocycles. The molecule has 0 aliphatic heterocycles. The SMILES string of the molecule is CCOc1cc(C)c(-c2nc3ccccc3c(=O)n2N=Cc2cc(Cl)c(OCC(C)(C)C)c(Br)c2)cc1C(C)C. The van der Waals surface area contributed by atoms with Crippen LogP contribution in [0.15, 0.2) is 62.9 Å². The predicted octanol–water partition coefficient (Wildman–Crippen LogP) is 8.62. The lowest BCUT2D eigenvalue weighted by molar-refractivity contribution is 0.197. The number of benzene rings is 3. The molecular formula is C32H35BrClN3O3. The third-order valence-electron chi connectivity index (χ3n) is 6.27. The van der Waals surface area contributed by atoms with Gasteiger partial charge in [0.05, 0.1) is 39.8 Å². The fourth-order valence-corrected chi connectivity index (χ4v) is 5.27. The van der Waals surface area contributed by atoms with Crippen LogP contribution in [0.25, 0.3) is 22.3 Å². The molecule has 0 radical (unpaired) electrons. The molecule has 6 nitrogen and oxygen atoms in total. The summed E-state index contributed by atoms with van der Waals surface area (Å²) < 4.78 is 14.0. The topological polar surface area (TPSA) is 65.7 Å². The van der Waals surface area contributed by atoms with E-state index in [4.69, 9.17) is 26.1 Å². The van der Waals surface area contributed by atoms with E-state index in [2.05, 4.69) is 61.7 Å². The Kier molecular flexibility index (Phi) is 9.06. The minimum absolute atomic E-state index is 0.0159. The van der Waals surface area contributed by atoms with Crippen LogP contribution in [0.5, 0.6) is 11.5 Å². The molecule has 0 bridgehead atoms. The lowest BCUT2D eigenvalue weighted by atomic mass is 9.96. The zero-order valence-corrected chi connectivity index (χ0v) is 26.4. The Balaban J connectivity index is 1.86. The van der Waals surface area contributed by atoms with Crippen molar-refractivity contribution in [3.8, 4) is 22.9 Å². The number of rotatable bonds is 8. The summed E-state index contributed by atoms with van der Waals surface area (Å²) in [5.74, 6) is 2.08. The van der Waals surface area contributed by atoms with E-state index >= 15 is 0 Å². The van der Waals surface area contributed by atoms with Gasteiger partial charge < -0.3 is 9.47 Å². The quantitative estimate of drug-likeness (QED) is 0.184. The maximum Gasteiger partial charge on any atom is 0.282 e. The highest BCUT2D eigenvalue weighted by atomic mass is 79.9. The van der Waals surface area contributed by atoms with Crippen molar-refractivity contribution < 1.29 is 9.47 Å². The molecule has 8 heteroatoms. The van der Waals surface area contributed by atoms with Crippen molar-refractivity contribution in [1.82, 2.24) is 9.66 Å². The van der Waals surface area contributed by atoms with Crippen molar-refractivity contribution in [2.24, 2.45) is 10.5 Å². The van der Waals surface area contributed by atoms with Crippen LogP contribution in [-0.2, 0) is 0 Å². The van der Waals surface area contributed by atoms with Gasteiger partial charge in [0.1, 0.15) is 5.75 Å². The summed E-state index contributed by atoms with van der Waals surface area (Å²) in [5.41, 5.74) is 3.84. The smallest absolute Gasteiger partial charge is 0.282 e. The van der Waals surface area contributed by atoms with Crippen molar-refractivity contribution in [2.45, 2.75) is 54.4 Å². The standard InChI is InChI=1S/C32H35BrClN3O3/c1-8-39-28-13-20(4)24(16-23(28)19(2)3)30-36-27-12-10-9-11-22(27)31(38)37(30)35-17-21-14-25(33)29(26(34)15-21)40-18-32(5,6)7/h9-17,19H,8,18H2,1-7H3. The van der Waals surface area contributed by atoms with E-state index in [0.717, 1.165) is 22.4 Å². The molecule has 0 fully saturated rings. The van der Waals surface area contributed by atoms with Gasteiger partial charge in [-0.15, -0.1) is 0 Å². The molecule has 210 valence electrons. The lowest BCUT2D eigenvalue weighted by Crippen LogP contribution is -2.21. The van der Waals surface area contributed by atoms with Gasteiger partial charge in [-0.25, -0.2) is 4.98 Å². The van der Waals surface area contributed by atoms with E-state index in [9.17, 15) is 4.79 Å². The zero-order chi connectivity index (χ0) is 29.2. The molecule has 3 aromatic carbocycles. The highest BCUT2D eigenvalue weighted by molar-refractivity contribution is 9.10. The van der Waals surface area contributed by atoms with Crippen molar-refractivity contribution in [3.63, 3.8) is 0 Å². The van der Waals surface area contributed by atoms with Crippen LogP contribution in [0.2, 0.25) is 5.02 Å². The number of aromatic nitrogens is 2. The molecule has 4 aromatic rings. The van der Waals surface area contributed by atoms with Crippen molar-refractivity contribution in [2.75, 3.05) is 13.2 Å². The largest absolute Gasteiger partial charge is 0.494 e. The molecule has 1 heterocycles. The first-order chi connectivity index (χ1) is 18.9. The molecule has 1 aromatic heterocycles. The second-order valence-electron chi connectivity index (χ2n) is 11.3. The van der Waals surface area contributed by atoms with E-state index in [-0.39, 0.29) is 16.9 Å². The normalized spacial score (nSPS) is 12.1. The van der Waals surface area contributed by atoms with Crippen LogP contribution in [-0.4, -0.2) is 29.1 Å². The number of ether oxygens (including phenoxy) is 2. The van der Waals surface area contributed by atoms with E-state index in [1.165, 1.54) is 4.68 Å². The summed E-state index contributed by atoms with van der Waals surface area (Å²) in [7, 11) is 0. The van der Waals surface area contributed by atoms with Gasteiger partial charge in [0.25, 0.3) is 5.56 Å². The minimum atomic E-state index is -0.258. The Morgan fingerprint density at radius 1 is 1.12 bits per heavy atom. The van der Waals surface area contributed by atoms with Gasteiger partial charge in [-0.3, -0.25) is 4.79 Å². The molecule has 0 spiro atoms. The fraction of sp³-hybridized carbons (Fsp3) is 0.344. The van der Waals surface area contributed by atoms with Gasteiger partial charge in [0.15, 0.2) is 11.6 Å². The number of fused-ring (bicyclic) bond motifs is 1. The first-order valence-electron chi connectivity index (χ1n) is 13.3. The second kappa shape index (κ2) is 12.1. The summed E-state index contributed by atoms with van der Waals surface area (Å²) >= 11 is 10.2. The number of halogens is 2. The van der Waals surface area contributed by atoms with Crippen molar-refractivity contribution >= 4 is 44.6 Å². The maximum absolute atomic E-state index is 13.7. The Bertz CT molecular complexity index is 1610. The summed E-state index contributed by atoms with van der Waals surface area (Å²) in [6, 6.07) is 15.0. The molecule has 0 atom stereocenters. The van der Waals surface area contributed by atoms with E-state index in [1.54, 1.807) is 18.3 Å². The average Bonchev–Trinajstić information content (AvgIpc) is 2.87. The molecule has 0 unspecified atom stereocenters. The highest BCUT2D eigenvalue weighted by Gasteiger charge is 2.19. The first kappa shape index (κ1) is 29.8. The Labute approximate surface area is 249 Å². The van der Waals surface area contributed by atoms with Crippen LogP contribution < -0.4 is 15.0 Å².